The van der Waals surface area contributed by atoms with Gasteiger partial charge in [0.05, 0.1) is 7.11 Å². The smallest absolute Gasteiger partial charge is 0.326 e. The number of ether oxygens (including phenoxy) is 1. The molecule has 0 spiro atoms. The van der Waals surface area contributed by atoms with Gasteiger partial charge in [0.15, 0.2) is 0 Å². The van der Waals surface area contributed by atoms with Crippen molar-refractivity contribution < 1.29 is 24.2 Å². The number of likely N-dealkylation sites (N-methyl/N-ethyl adjacent to an activating group) is 1. The number of methoxy groups -OCH3 is 1. The third-order valence-electron chi connectivity index (χ3n) is 3.47. The molecule has 21 heavy (non-hydrogen) atoms. The van der Waals surface area contributed by atoms with E-state index in [1.807, 2.05) is 7.05 Å². The van der Waals surface area contributed by atoms with Gasteiger partial charge in [-0.2, -0.15) is 0 Å². The van der Waals surface area contributed by atoms with Crippen molar-refractivity contribution >= 4 is 18.0 Å². The zero-order chi connectivity index (χ0) is 15.8. The van der Waals surface area contributed by atoms with Crippen molar-refractivity contribution in [3.05, 3.63) is 0 Å². The van der Waals surface area contributed by atoms with Gasteiger partial charge in [-0.1, -0.05) is 0 Å². The Bertz CT molecular complexity index is 388. The highest BCUT2D eigenvalue weighted by Gasteiger charge is 2.25. The lowest BCUT2D eigenvalue weighted by molar-refractivity contribution is -0.142. The fourth-order valence-corrected chi connectivity index (χ4v) is 2.11. The number of aliphatic carboxylic acids is 1. The minimum atomic E-state index is -1.15. The van der Waals surface area contributed by atoms with Gasteiger partial charge in [-0.3, -0.25) is 4.79 Å². The van der Waals surface area contributed by atoms with E-state index in [9.17, 15) is 14.4 Å². The Balaban J connectivity index is 2.51. The van der Waals surface area contributed by atoms with Crippen LogP contribution in [0.2, 0.25) is 0 Å². The number of urea groups is 1. The molecule has 1 heterocycles. The number of amides is 2. The highest BCUT2D eigenvalue weighted by Crippen LogP contribution is 2.04. The fourth-order valence-electron chi connectivity index (χ4n) is 2.11. The lowest BCUT2D eigenvalue weighted by atomic mass is 10.1. The molecular weight excluding hydrogens is 278 g/mol. The summed E-state index contributed by atoms with van der Waals surface area (Å²) in [6.45, 7) is 2.83. The molecule has 8 heteroatoms. The number of carbonyl (C=O) groups excluding carboxylic acids is 2. The third kappa shape index (κ3) is 5.99. The number of rotatable bonds is 5. The van der Waals surface area contributed by atoms with E-state index in [4.69, 9.17) is 5.11 Å². The molecule has 1 fully saturated rings. The quantitative estimate of drug-likeness (QED) is 0.679. The second kappa shape index (κ2) is 8.46. The van der Waals surface area contributed by atoms with Crippen LogP contribution in [0.25, 0.3) is 0 Å². The minimum absolute atomic E-state index is 0.0154. The van der Waals surface area contributed by atoms with Crippen molar-refractivity contribution in [3.63, 3.8) is 0 Å². The minimum Gasteiger partial charge on any atom is -0.480 e. The van der Waals surface area contributed by atoms with E-state index in [-0.39, 0.29) is 12.8 Å². The number of nitrogens with one attached hydrogen (secondary N) is 1. The van der Waals surface area contributed by atoms with Gasteiger partial charge in [0.1, 0.15) is 6.04 Å². The van der Waals surface area contributed by atoms with Crippen molar-refractivity contribution in [1.29, 1.82) is 0 Å². The van der Waals surface area contributed by atoms with E-state index >= 15 is 0 Å². The summed E-state index contributed by atoms with van der Waals surface area (Å²) in [7, 11) is 3.22. The molecule has 2 N–H and O–H groups in total. The Morgan fingerprint density at radius 3 is 2.57 bits per heavy atom. The zero-order valence-electron chi connectivity index (χ0n) is 12.5. The predicted molar refractivity (Wildman–Crippen MR) is 74.9 cm³/mol. The normalized spacial score (nSPS) is 17.7. The first-order chi connectivity index (χ1) is 9.93. The van der Waals surface area contributed by atoms with E-state index in [1.54, 1.807) is 4.90 Å². The highest BCUT2D eigenvalue weighted by molar-refractivity contribution is 5.83. The summed E-state index contributed by atoms with van der Waals surface area (Å²) in [5.74, 6) is -1.65. The molecule has 0 aromatic heterocycles. The lowest BCUT2D eigenvalue weighted by Crippen LogP contribution is -2.49. The SMILES string of the molecule is COC(=O)CC[C@H](NC(=O)N1CCCN(C)CC1)C(=O)O. The van der Waals surface area contributed by atoms with Crippen LogP contribution in [0.3, 0.4) is 0 Å². The maximum Gasteiger partial charge on any atom is 0.326 e. The van der Waals surface area contributed by atoms with Gasteiger partial charge in [-0.25, -0.2) is 9.59 Å². The van der Waals surface area contributed by atoms with Gasteiger partial charge in [-0.05, 0) is 26.4 Å². The van der Waals surface area contributed by atoms with Crippen molar-refractivity contribution in [2.24, 2.45) is 0 Å². The summed E-state index contributed by atoms with van der Waals surface area (Å²) in [5.41, 5.74) is 0. The number of hydrogen-bond donors (Lipinski definition) is 2. The summed E-state index contributed by atoms with van der Waals surface area (Å²) in [5, 5.41) is 11.6. The number of hydrogen-bond acceptors (Lipinski definition) is 5. The van der Waals surface area contributed by atoms with E-state index in [2.05, 4.69) is 15.0 Å². The summed E-state index contributed by atoms with van der Waals surface area (Å²) >= 11 is 0. The summed E-state index contributed by atoms with van der Waals surface area (Å²) in [4.78, 5) is 38.0. The van der Waals surface area contributed by atoms with Crippen LogP contribution in [0.15, 0.2) is 0 Å². The van der Waals surface area contributed by atoms with E-state index < -0.39 is 24.0 Å². The maximum absolute atomic E-state index is 12.1. The first-order valence-corrected chi connectivity index (χ1v) is 6.97. The van der Waals surface area contributed by atoms with Gasteiger partial charge in [0.2, 0.25) is 0 Å². The molecule has 120 valence electrons. The number of carboxylic acids is 1. The van der Waals surface area contributed by atoms with Gasteiger partial charge in [0.25, 0.3) is 0 Å². The van der Waals surface area contributed by atoms with Crippen LogP contribution in [0.1, 0.15) is 19.3 Å². The molecule has 0 saturated carbocycles. The Kier molecular flexibility index (Phi) is 6.93. The second-order valence-corrected chi connectivity index (χ2v) is 5.10. The molecule has 1 aliphatic rings. The molecule has 0 unspecified atom stereocenters. The summed E-state index contributed by atoms with van der Waals surface area (Å²) in [6, 6.07) is -1.49. The molecule has 0 aliphatic carbocycles. The molecule has 0 radical (unpaired) electrons. The Morgan fingerprint density at radius 2 is 1.95 bits per heavy atom. The largest absolute Gasteiger partial charge is 0.480 e. The van der Waals surface area contributed by atoms with Crippen LogP contribution in [-0.4, -0.2) is 79.3 Å². The molecule has 0 aromatic carbocycles. The monoisotopic (exact) mass is 301 g/mol. The standard InChI is InChI=1S/C13H23N3O5/c1-15-6-3-7-16(9-8-15)13(20)14-10(12(18)19)4-5-11(17)21-2/h10H,3-9H2,1-2H3,(H,14,20)(H,18,19)/t10-/m0/s1. The van der Waals surface area contributed by atoms with Gasteiger partial charge < -0.3 is 25.0 Å². The van der Waals surface area contributed by atoms with Crippen LogP contribution in [0, 0.1) is 0 Å². The molecule has 1 saturated heterocycles. The molecule has 8 nitrogen and oxygen atoms in total. The fraction of sp³-hybridized carbons (Fsp3) is 0.769. The zero-order valence-corrected chi connectivity index (χ0v) is 12.5. The lowest BCUT2D eigenvalue weighted by Gasteiger charge is -2.23. The Hall–Kier alpha value is -1.83. The number of carbonyl (C=O) groups is 3. The molecule has 1 rings (SSSR count). The molecular formula is C13H23N3O5. The van der Waals surface area contributed by atoms with Crippen LogP contribution in [0.4, 0.5) is 4.79 Å². The maximum atomic E-state index is 12.1. The van der Waals surface area contributed by atoms with E-state index in [1.165, 1.54) is 7.11 Å². The average molecular weight is 301 g/mol. The second-order valence-electron chi connectivity index (χ2n) is 5.10. The number of nitrogens with zero attached hydrogens (tertiary/aromatic N) is 2. The van der Waals surface area contributed by atoms with Gasteiger partial charge in [0, 0.05) is 26.1 Å². The predicted octanol–water partition coefficient (Wildman–Crippen LogP) is -0.260. The van der Waals surface area contributed by atoms with Crippen molar-refractivity contribution in [1.82, 2.24) is 15.1 Å². The Labute approximate surface area is 124 Å². The molecule has 0 bridgehead atoms. The summed E-state index contributed by atoms with van der Waals surface area (Å²) < 4.78 is 4.47. The van der Waals surface area contributed by atoms with Crippen LogP contribution < -0.4 is 5.32 Å². The van der Waals surface area contributed by atoms with Crippen LogP contribution in [-0.2, 0) is 14.3 Å². The summed E-state index contributed by atoms with van der Waals surface area (Å²) in [6.07, 6.45) is 0.821. The van der Waals surface area contributed by atoms with Gasteiger partial charge in [-0.15, -0.1) is 0 Å². The average Bonchev–Trinajstić information content (AvgIpc) is 2.67. The Morgan fingerprint density at radius 1 is 1.24 bits per heavy atom. The van der Waals surface area contributed by atoms with Crippen LogP contribution >= 0.6 is 0 Å². The van der Waals surface area contributed by atoms with E-state index in [0.717, 1.165) is 19.5 Å². The number of carboxylic acid groups (broad SMARTS) is 1. The van der Waals surface area contributed by atoms with Gasteiger partial charge >= 0.3 is 18.0 Å². The molecule has 1 atom stereocenters. The third-order valence-corrected chi connectivity index (χ3v) is 3.47. The van der Waals surface area contributed by atoms with E-state index in [0.29, 0.717) is 13.1 Å². The first kappa shape index (κ1) is 17.2. The van der Waals surface area contributed by atoms with Crippen molar-refractivity contribution in [3.8, 4) is 0 Å². The topological polar surface area (TPSA) is 99.2 Å². The molecule has 0 aromatic rings. The first-order valence-electron chi connectivity index (χ1n) is 6.97. The van der Waals surface area contributed by atoms with Crippen molar-refractivity contribution in [2.75, 3.05) is 40.3 Å². The molecule has 1 aliphatic heterocycles. The van der Waals surface area contributed by atoms with Crippen molar-refractivity contribution in [2.45, 2.75) is 25.3 Å². The highest BCUT2D eigenvalue weighted by atomic mass is 16.5. The van der Waals surface area contributed by atoms with Crippen LogP contribution in [0.5, 0.6) is 0 Å². The number of esters is 1. The molecule has 2 amide bonds.